The predicted octanol–water partition coefficient (Wildman–Crippen LogP) is 4.31. The number of hydrogen-bond acceptors (Lipinski definition) is 2. The highest BCUT2D eigenvalue weighted by Gasteiger charge is 2.31. The molecule has 0 saturated carbocycles. The van der Waals surface area contributed by atoms with E-state index in [1.807, 2.05) is 12.3 Å². The van der Waals surface area contributed by atoms with Crippen LogP contribution in [0.15, 0.2) is 11.0 Å². The Morgan fingerprint density at radius 2 is 1.94 bits per heavy atom. The molecule has 0 aromatic carbocycles. The highest BCUT2D eigenvalue weighted by molar-refractivity contribution is 8.03. The van der Waals surface area contributed by atoms with Gasteiger partial charge in [0.2, 0.25) is 0 Å². The van der Waals surface area contributed by atoms with Gasteiger partial charge in [0, 0.05) is 10.3 Å². The van der Waals surface area contributed by atoms with Crippen molar-refractivity contribution in [3.63, 3.8) is 0 Å². The van der Waals surface area contributed by atoms with Crippen molar-refractivity contribution in [2.75, 3.05) is 0 Å². The zero-order valence-corrected chi connectivity index (χ0v) is 12.4. The Kier molecular flexibility index (Phi) is 4.34. The molecule has 1 atom stereocenters. The summed E-state index contributed by atoms with van der Waals surface area (Å²) in [5, 5.41) is 11.1. The van der Waals surface area contributed by atoms with Crippen LogP contribution < -0.4 is 0 Å². The Labute approximate surface area is 109 Å². The lowest BCUT2D eigenvalue weighted by atomic mass is 9.76. The van der Waals surface area contributed by atoms with Gasteiger partial charge >= 0.3 is 5.97 Å². The molecule has 0 spiro atoms. The summed E-state index contributed by atoms with van der Waals surface area (Å²) in [4.78, 5) is 11.3. The van der Waals surface area contributed by atoms with Crippen molar-refractivity contribution in [3.8, 4) is 0 Å². The molecule has 0 amide bonds. The molecule has 1 heterocycles. The first kappa shape index (κ1) is 14.6. The van der Waals surface area contributed by atoms with Gasteiger partial charge in [0.15, 0.2) is 0 Å². The lowest BCUT2D eigenvalue weighted by Gasteiger charge is -2.30. The number of rotatable bonds is 1. The van der Waals surface area contributed by atoms with Crippen LogP contribution in [0.25, 0.3) is 0 Å². The van der Waals surface area contributed by atoms with E-state index in [0.717, 1.165) is 19.3 Å². The molecular weight excluding hydrogens is 232 g/mol. The van der Waals surface area contributed by atoms with Crippen LogP contribution >= 0.6 is 11.8 Å². The number of carbonyl (C=O) groups is 1. The van der Waals surface area contributed by atoms with Gasteiger partial charge in [0.1, 0.15) is 0 Å². The van der Waals surface area contributed by atoms with Crippen molar-refractivity contribution in [3.05, 3.63) is 11.0 Å². The number of thioether (sulfide) groups is 1. The van der Waals surface area contributed by atoms with Crippen LogP contribution in [-0.4, -0.2) is 15.8 Å². The standard InChI is InChI=1S/C14H24O2S/c1-10-8-13(2,3)6-7-14(4,5)17-9-11(10)12(15)16/h9-10H,6-8H2,1-5H3,(H,15,16)/b11-9+. The first-order valence-electron chi connectivity index (χ1n) is 6.24. The van der Waals surface area contributed by atoms with Crippen molar-refractivity contribution in [1.29, 1.82) is 0 Å². The minimum Gasteiger partial charge on any atom is -0.478 e. The minimum absolute atomic E-state index is 0.127. The lowest BCUT2D eigenvalue weighted by Crippen LogP contribution is -2.21. The van der Waals surface area contributed by atoms with Crippen LogP contribution in [0.4, 0.5) is 0 Å². The fraction of sp³-hybridized carbons (Fsp3) is 0.786. The van der Waals surface area contributed by atoms with E-state index in [1.54, 1.807) is 11.8 Å². The van der Waals surface area contributed by atoms with Gasteiger partial charge < -0.3 is 5.11 Å². The second-order valence-electron chi connectivity index (χ2n) is 6.53. The Bertz CT molecular complexity index is 329. The molecular formula is C14H24O2S. The van der Waals surface area contributed by atoms with Crippen LogP contribution in [-0.2, 0) is 4.79 Å². The van der Waals surface area contributed by atoms with Gasteiger partial charge in [-0.2, -0.15) is 0 Å². The molecule has 0 aromatic rings. The molecule has 0 radical (unpaired) electrons. The average Bonchev–Trinajstić information content (AvgIpc) is 2.16. The van der Waals surface area contributed by atoms with Crippen molar-refractivity contribution in [2.45, 2.75) is 58.6 Å². The van der Waals surface area contributed by atoms with Crippen molar-refractivity contribution in [1.82, 2.24) is 0 Å². The zero-order chi connectivity index (χ0) is 13.3. The maximum Gasteiger partial charge on any atom is 0.332 e. The molecule has 2 nitrogen and oxygen atoms in total. The molecule has 98 valence electrons. The van der Waals surface area contributed by atoms with E-state index in [2.05, 4.69) is 27.7 Å². The fourth-order valence-corrected chi connectivity index (χ4v) is 3.34. The van der Waals surface area contributed by atoms with E-state index < -0.39 is 5.97 Å². The Balaban J connectivity index is 3.02. The smallest absolute Gasteiger partial charge is 0.332 e. The summed E-state index contributed by atoms with van der Waals surface area (Å²) in [6, 6.07) is 0. The molecule has 0 aliphatic carbocycles. The molecule has 17 heavy (non-hydrogen) atoms. The van der Waals surface area contributed by atoms with Crippen LogP contribution in [0.2, 0.25) is 0 Å². The average molecular weight is 256 g/mol. The third kappa shape index (κ3) is 4.38. The summed E-state index contributed by atoms with van der Waals surface area (Å²) < 4.78 is 0.127. The number of hydrogen-bond donors (Lipinski definition) is 1. The van der Waals surface area contributed by atoms with Gasteiger partial charge in [0.25, 0.3) is 0 Å². The molecule has 0 aromatic heterocycles. The second-order valence-corrected chi connectivity index (χ2v) is 8.10. The molecule has 0 saturated heterocycles. The Morgan fingerprint density at radius 1 is 1.35 bits per heavy atom. The maximum absolute atomic E-state index is 11.3. The van der Waals surface area contributed by atoms with Gasteiger partial charge in [-0.25, -0.2) is 4.79 Å². The van der Waals surface area contributed by atoms with Crippen LogP contribution in [0.5, 0.6) is 0 Å². The second kappa shape index (κ2) is 5.05. The number of carboxylic acid groups (broad SMARTS) is 1. The van der Waals surface area contributed by atoms with Crippen molar-refractivity contribution in [2.24, 2.45) is 11.3 Å². The monoisotopic (exact) mass is 256 g/mol. The normalized spacial score (nSPS) is 31.6. The largest absolute Gasteiger partial charge is 0.478 e. The van der Waals surface area contributed by atoms with Crippen molar-refractivity contribution >= 4 is 17.7 Å². The number of aliphatic carboxylic acids is 1. The lowest BCUT2D eigenvalue weighted by molar-refractivity contribution is -0.133. The topological polar surface area (TPSA) is 37.3 Å². The van der Waals surface area contributed by atoms with E-state index in [1.165, 1.54) is 0 Å². The SMILES string of the molecule is CC1CC(C)(C)CCC(C)(C)S/C=C\1C(=O)O. The first-order valence-corrected chi connectivity index (χ1v) is 7.12. The third-order valence-electron chi connectivity index (χ3n) is 3.55. The van der Waals surface area contributed by atoms with Gasteiger partial charge in [-0.15, -0.1) is 11.8 Å². The molecule has 1 N–H and O–H groups in total. The zero-order valence-electron chi connectivity index (χ0n) is 11.5. The molecule has 1 aliphatic rings. The van der Waals surface area contributed by atoms with E-state index in [-0.39, 0.29) is 16.1 Å². The molecule has 0 fully saturated rings. The van der Waals surface area contributed by atoms with E-state index >= 15 is 0 Å². The third-order valence-corrected chi connectivity index (χ3v) is 4.76. The van der Waals surface area contributed by atoms with E-state index in [0.29, 0.717) is 5.57 Å². The Hall–Kier alpha value is -0.440. The quantitative estimate of drug-likeness (QED) is 0.759. The number of carboxylic acids is 1. The summed E-state index contributed by atoms with van der Waals surface area (Å²) >= 11 is 1.67. The summed E-state index contributed by atoms with van der Waals surface area (Å²) in [5.74, 6) is -0.637. The first-order chi connectivity index (χ1) is 7.63. The molecule has 3 heteroatoms. The van der Waals surface area contributed by atoms with Gasteiger partial charge in [-0.3, -0.25) is 0 Å². The van der Waals surface area contributed by atoms with Gasteiger partial charge in [0.05, 0.1) is 0 Å². The summed E-state index contributed by atoms with van der Waals surface area (Å²) in [5.41, 5.74) is 0.786. The van der Waals surface area contributed by atoms with Gasteiger partial charge in [-0.1, -0.05) is 34.6 Å². The fourth-order valence-electron chi connectivity index (χ4n) is 2.34. The minimum atomic E-state index is -0.765. The highest BCUT2D eigenvalue weighted by Crippen LogP contribution is 2.42. The van der Waals surface area contributed by atoms with Crippen LogP contribution in [0.3, 0.4) is 0 Å². The molecule has 1 rings (SSSR count). The van der Waals surface area contributed by atoms with Gasteiger partial charge in [-0.05, 0) is 36.0 Å². The van der Waals surface area contributed by atoms with Crippen molar-refractivity contribution < 1.29 is 9.90 Å². The molecule has 0 bridgehead atoms. The predicted molar refractivity (Wildman–Crippen MR) is 74.2 cm³/mol. The summed E-state index contributed by atoms with van der Waals surface area (Å²) in [7, 11) is 0. The highest BCUT2D eigenvalue weighted by atomic mass is 32.2. The van der Waals surface area contributed by atoms with Crippen LogP contribution in [0, 0.1) is 11.3 Å². The molecule has 1 unspecified atom stereocenters. The summed E-state index contributed by atoms with van der Waals surface area (Å²) in [6.07, 6.45) is 3.22. The van der Waals surface area contributed by atoms with Crippen LogP contribution in [0.1, 0.15) is 53.9 Å². The molecule has 1 aliphatic heterocycles. The Morgan fingerprint density at radius 3 is 2.47 bits per heavy atom. The van der Waals surface area contributed by atoms with E-state index in [4.69, 9.17) is 0 Å². The van der Waals surface area contributed by atoms with E-state index in [9.17, 15) is 9.90 Å². The summed E-state index contributed by atoms with van der Waals surface area (Å²) in [6.45, 7) is 10.9. The maximum atomic E-state index is 11.3.